The fourth-order valence-corrected chi connectivity index (χ4v) is 1.47. The summed E-state index contributed by atoms with van der Waals surface area (Å²) < 4.78 is 5.16. The van der Waals surface area contributed by atoms with Crippen LogP contribution < -0.4 is 15.8 Å². The van der Waals surface area contributed by atoms with Crippen LogP contribution in [0.4, 0.5) is 11.4 Å². The van der Waals surface area contributed by atoms with E-state index in [2.05, 4.69) is 12.2 Å². The van der Waals surface area contributed by atoms with Gasteiger partial charge in [0, 0.05) is 5.54 Å². The summed E-state index contributed by atoms with van der Waals surface area (Å²) in [5.41, 5.74) is 7.87. The van der Waals surface area contributed by atoms with E-state index in [4.69, 9.17) is 10.5 Å². The molecule has 76 valence electrons. The third-order valence-corrected chi connectivity index (χ3v) is 2.72. The zero-order valence-corrected chi connectivity index (χ0v) is 8.63. The van der Waals surface area contributed by atoms with Gasteiger partial charge in [-0.05, 0) is 31.9 Å². The van der Waals surface area contributed by atoms with E-state index >= 15 is 0 Å². The second-order valence-electron chi connectivity index (χ2n) is 4.11. The molecule has 1 aliphatic rings. The van der Waals surface area contributed by atoms with Gasteiger partial charge in [0.05, 0.1) is 18.5 Å². The molecule has 0 spiro atoms. The lowest BCUT2D eigenvalue weighted by Crippen LogP contribution is -2.17. The Hall–Kier alpha value is -1.38. The van der Waals surface area contributed by atoms with Gasteiger partial charge >= 0.3 is 0 Å². The van der Waals surface area contributed by atoms with Crippen molar-refractivity contribution in [1.82, 2.24) is 0 Å². The molecule has 0 unspecified atom stereocenters. The topological polar surface area (TPSA) is 47.3 Å². The quantitative estimate of drug-likeness (QED) is 0.722. The van der Waals surface area contributed by atoms with E-state index in [9.17, 15) is 0 Å². The molecule has 0 aromatic heterocycles. The Morgan fingerprint density at radius 3 is 2.71 bits per heavy atom. The Balaban J connectivity index is 2.24. The minimum atomic E-state index is 0.250. The van der Waals surface area contributed by atoms with Crippen LogP contribution in [-0.2, 0) is 0 Å². The lowest BCUT2D eigenvalue weighted by Gasteiger charge is -2.16. The molecule has 3 heteroatoms. The molecule has 0 atom stereocenters. The highest BCUT2D eigenvalue weighted by molar-refractivity contribution is 5.73. The first-order valence-electron chi connectivity index (χ1n) is 4.85. The average Bonchev–Trinajstić information content (AvgIpc) is 2.88. The number of hydrogen-bond donors (Lipinski definition) is 2. The predicted molar refractivity (Wildman–Crippen MR) is 58.7 cm³/mol. The molecule has 3 nitrogen and oxygen atoms in total. The normalized spacial score (nSPS) is 17.6. The van der Waals surface area contributed by atoms with E-state index in [0.29, 0.717) is 5.69 Å². The Bertz CT molecular complexity index is 345. The standard InChI is InChI=1S/C11H16N2O/c1-11(6-7-11)13-8-4-3-5-9(14-2)10(8)12/h3-5,13H,6-7,12H2,1-2H3. The molecule has 1 aromatic rings. The number of hydrogen-bond acceptors (Lipinski definition) is 3. The van der Waals surface area contributed by atoms with Gasteiger partial charge in [0.2, 0.25) is 0 Å². The first kappa shape index (κ1) is 9.19. The van der Waals surface area contributed by atoms with Gasteiger partial charge in [-0.1, -0.05) is 6.07 Å². The number of benzene rings is 1. The molecule has 0 heterocycles. The molecular formula is C11H16N2O. The summed E-state index contributed by atoms with van der Waals surface area (Å²) in [7, 11) is 1.63. The van der Waals surface area contributed by atoms with Gasteiger partial charge in [0.1, 0.15) is 5.75 Å². The van der Waals surface area contributed by atoms with Crippen LogP contribution >= 0.6 is 0 Å². The number of ether oxygens (including phenoxy) is 1. The third kappa shape index (κ3) is 1.62. The molecule has 3 N–H and O–H groups in total. The van der Waals surface area contributed by atoms with E-state index in [1.54, 1.807) is 7.11 Å². The molecule has 0 saturated heterocycles. The second kappa shape index (κ2) is 3.08. The molecule has 0 amide bonds. The van der Waals surface area contributed by atoms with Crippen molar-refractivity contribution < 1.29 is 4.74 Å². The van der Waals surface area contributed by atoms with Crippen molar-refractivity contribution >= 4 is 11.4 Å². The van der Waals surface area contributed by atoms with Crippen LogP contribution in [0.1, 0.15) is 19.8 Å². The molecule has 1 aromatic carbocycles. The summed E-state index contributed by atoms with van der Waals surface area (Å²) in [5, 5.41) is 3.43. The average molecular weight is 192 g/mol. The van der Waals surface area contributed by atoms with Crippen LogP contribution in [0, 0.1) is 0 Å². The van der Waals surface area contributed by atoms with Gasteiger partial charge in [-0.3, -0.25) is 0 Å². The number of para-hydroxylation sites is 1. The second-order valence-corrected chi connectivity index (χ2v) is 4.11. The van der Waals surface area contributed by atoms with Gasteiger partial charge in [0.15, 0.2) is 0 Å². The van der Waals surface area contributed by atoms with E-state index in [1.165, 1.54) is 12.8 Å². The van der Waals surface area contributed by atoms with E-state index in [0.717, 1.165) is 11.4 Å². The fraction of sp³-hybridized carbons (Fsp3) is 0.455. The van der Waals surface area contributed by atoms with Crippen LogP contribution in [0.25, 0.3) is 0 Å². The molecule has 1 aliphatic carbocycles. The smallest absolute Gasteiger partial charge is 0.143 e. The van der Waals surface area contributed by atoms with E-state index in [1.807, 2.05) is 18.2 Å². The molecule has 14 heavy (non-hydrogen) atoms. The van der Waals surface area contributed by atoms with Gasteiger partial charge in [-0.15, -0.1) is 0 Å². The van der Waals surface area contributed by atoms with Crippen molar-refractivity contribution in [3.63, 3.8) is 0 Å². The van der Waals surface area contributed by atoms with Gasteiger partial charge in [-0.2, -0.15) is 0 Å². The minimum absolute atomic E-state index is 0.250. The van der Waals surface area contributed by atoms with Crippen LogP contribution in [0.3, 0.4) is 0 Å². The third-order valence-electron chi connectivity index (χ3n) is 2.72. The van der Waals surface area contributed by atoms with Crippen LogP contribution in [0.5, 0.6) is 5.75 Å². The summed E-state index contributed by atoms with van der Waals surface area (Å²) in [6.07, 6.45) is 2.42. The number of rotatable bonds is 3. The maximum absolute atomic E-state index is 5.94. The van der Waals surface area contributed by atoms with Crippen LogP contribution in [-0.4, -0.2) is 12.6 Å². The zero-order valence-electron chi connectivity index (χ0n) is 8.63. The Kier molecular flexibility index (Phi) is 2.02. The molecular weight excluding hydrogens is 176 g/mol. The van der Waals surface area contributed by atoms with Crippen LogP contribution in [0.2, 0.25) is 0 Å². The van der Waals surface area contributed by atoms with E-state index in [-0.39, 0.29) is 5.54 Å². The molecule has 1 fully saturated rings. The highest BCUT2D eigenvalue weighted by atomic mass is 16.5. The molecule has 1 saturated carbocycles. The summed E-state index contributed by atoms with van der Waals surface area (Å²) in [6.45, 7) is 2.20. The van der Waals surface area contributed by atoms with Crippen molar-refractivity contribution in [2.75, 3.05) is 18.2 Å². The molecule has 0 aliphatic heterocycles. The summed E-state index contributed by atoms with van der Waals surface area (Å²) in [6, 6.07) is 5.81. The summed E-state index contributed by atoms with van der Waals surface area (Å²) >= 11 is 0. The van der Waals surface area contributed by atoms with Gasteiger partial charge in [0.25, 0.3) is 0 Å². The van der Waals surface area contributed by atoms with Crippen molar-refractivity contribution in [1.29, 1.82) is 0 Å². The Morgan fingerprint density at radius 2 is 2.14 bits per heavy atom. The van der Waals surface area contributed by atoms with Crippen molar-refractivity contribution in [3.8, 4) is 5.75 Å². The summed E-state index contributed by atoms with van der Waals surface area (Å²) in [4.78, 5) is 0. The monoisotopic (exact) mass is 192 g/mol. The van der Waals surface area contributed by atoms with Gasteiger partial charge < -0.3 is 15.8 Å². The summed E-state index contributed by atoms with van der Waals surface area (Å²) in [5.74, 6) is 0.735. The first-order valence-corrected chi connectivity index (χ1v) is 4.85. The fourth-order valence-electron chi connectivity index (χ4n) is 1.47. The maximum Gasteiger partial charge on any atom is 0.143 e. The van der Waals surface area contributed by atoms with Crippen molar-refractivity contribution in [2.24, 2.45) is 0 Å². The van der Waals surface area contributed by atoms with Crippen molar-refractivity contribution in [3.05, 3.63) is 18.2 Å². The molecule has 0 radical (unpaired) electrons. The SMILES string of the molecule is COc1cccc(NC2(C)CC2)c1N. The molecule has 2 rings (SSSR count). The minimum Gasteiger partial charge on any atom is -0.495 e. The highest BCUT2D eigenvalue weighted by Gasteiger charge is 2.37. The van der Waals surface area contributed by atoms with Crippen LogP contribution in [0.15, 0.2) is 18.2 Å². The number of methoxy groups -OCH3 is 1. The first-order chi connectivity index (χ1) is 6.64. The number of nitrogen functional groups attached to an aromatic ring is 1. The Labute approximate surface area is 84.3 Å². The Morgan fingerprint density at radius 1 is 1.43 bits per heavy atom. The highest BCUT2D eigenvalue weighted by Crippen LogP contribution is 2.41. The lowest BCUT2D eigenvalue weighted by atomic mass is 10.2. The number of anilines is 2. The number of nitrogens with two attached hydrogens (primary N) is 1. The van der Waals surface area contributed by atoms with Gasteiger partial charge in [-0.25, -0.2) is 0 Å². The predicted octanol–water partition coefficient (Wildman–Crippen LogP) is 2.24. The lowest BCUT2D eigenvalue weighted by molar-refractivity contribution is 0.417. The largest absolute Gasteiger partial charge is 0.495 e. The zero-order chi connectivity index (χ0) is 10.2. The van der Waals surface area contributed by atoms with E-state index < -0.39 is 0 Å². The molecule has 0 bridgehead atoms. The number of nitrogens with one attached hydrogen (secondary N) is 1. The maximum atomic E-state index is 5.94. The van der Waals surface area contributed by atoms with Crippen molar-refractivity contribution in [2.45, 2.75) is 25.3 Å².